The molecule has 0 aromatic heterocycles. The molecule has 0 spiro atoms. The highest BCUT2D eigenvalue weighted by atomic mass is 31.2. The molecule has 0 bridgehead atoms. The molecule has 0 heterocycles. The predicted molar refractivity (Wildman–Crippen MR) is 89.7 cm³/mol. The van der Waals surface area contributed by atoms with Crippen molar-refractivity contribution in [3.8, 4) is 0 Å². The molecule has 2 N–H and O–H groups in total. The Hall–Kier alpha value is -0.0400. The molecule has 0 aliphatic rings. The Labute approximate surface area is 138 Å². The maximum absolute atomic E-state index is 13.0. The third-order valence-corrected chi connectivity index (χ3v) is 6.63. The lowest BCUT2D eigenvalue weighted by molar-refractivity contribution is 0.104. The van der Waals surface area contributed by atoms with Gasteiger partial charge in [-0.05, 0) is 27.7 Å². The van der Waals surface area contributed by atoms with E-state index in [9.17, 15) is 14.0 Å². The first-order valence-electron chi connectivity index (χ1n) is 7.62. The molecule has 0 aromatic rings. The van der Waals surface area contributed by atoms with Gasteiger partial charge in [0, 0.05) is 13.1 Å². The van der Waals surface area contributed by atoms with Gasteiger partial charge in [-0.25, -0.2) is 4.57 Å². The van der Waals surface area contributed by atoms with E-state index in [2.05, 4.69) is 16.4 Å². The van der Waals surface area contributed by atoms with Crippen molar-refractivity contribution in [1.82, 2.24) is 5.32 Å². The number of nitrogens with one attached hydrogen (secondary N) is 1. The van der Waals surface area contributed by atoms with Crippen LogP contribution in [0, 0.1) is 0 Å². The Morgan fingerprint density at radius 2 is 1.65 bits per heavy atom. The first-order chi connectivity index (χ1) is 10.8. The van der Waals surface area contributed by atoms with Crippen LogP contribution in [0.1, 0.15) is 27.7 Å². The summed E-state index contributed by atoms with van der Waals surface area (Å²) in [5.74, 6) is 0. The van der Waals surface area contributed by atoms with Gasteiger partial charge in [0.2, 0.25) is 0 Å². The molecule has 3 atom stereocenters. The van der Waals surface area contributed by atoms with Crippen molar-refractivity contribution >= 4 is 15.4 Å². The van der Waals surface area contributed by atoms with Gasteiger partial charge in [-0.2, -0.15) is 0 Å². The van der Waals surface area contributed by atoms with Crippen LogP contribution in [0.4, 0.5) is 0 Å². The molecule has 0 saturated carbocycles. The zero-order valence-electron chi connectivity index (χ0n) is 14.3. The third kappa shape index (κ3) is 8.57. The fraction of sp³-hybridized carbons (Fsp3) is 0.846. The standard InChI is InChI=1S/C13H29NO7P2/c1-6-10-14-11-13(22(15,18-7-2)19-8-3)12(5)21-23(16,17)20-9-4/h6,12-14H,1,7-11H2,2-5H3,(H,16,17). The maximum atomic E-state index is 13.0. The lowest BCUT2D eigenvalue weighted by atomic mass is 10.3. The summed E-state index contributed by atoms with van der Waals surface area (Å²) in [6.45, 7) is 11.2. The molecule has 0 amide bonds. The highest BCUT2D eigenvalue weighted by Crippen LogP contribution is 2.56. The first kappa shape index (κ1) is 23.0. The molecule has 0 aromatic carbocycles. The van der Waals surface area contributed by atoms with Crippen LogP contribution >= 0.6 is 15.4 Å². The van der Waals surface area contributed by atoms with E-state index in [0.717, 1.165) is 0 Å². The normalized spacial score (nSPS) is 17.4. The minimum Gasteiger partial charge on any atom is -0.312 e. The summed E-state index contributed by atoms with van der Waals surface area (Å²) in [5, 5.41) is 3.01. The number of hydrogen-bond donors (Lipinski definition) is 2. The van der Waals surface area contributed by atoms with E-state index >= 15 is 0 Å². The number of rotatable bonds is 14. The van der Waals surface area contributed by atoms with E-state index in [-0.39, 0.29) is 26.4 Å². The average Bonchev–Trinajstić information content (AvgIpc) is 2.43. The average molecular weight is 373 g/mol. The van der Waals surface area contributed by atoms with Gasteiger partial charge in [-0.1, -0.05) is 6.08 Å². The largest absolute Gasteiger partial charge is 0.472 e. The Bertz CT molecular complexity index is 423. The van der Waals surface area contributed by atoms with Crippen molar-refractivity contribution in [2.24, 2.45) is 0 Å². The van der Waals surface area contributed by atoms with Crippen LogP contribution in [-0.2, 0) is 27.2 Å². The summed E-state index contributed by atoms with van der Waals surface area (Å²) >= 11 is 0. The zero-order valence-corrected chi connectivity index (χ0v) is 16.1. The second-order valence-corrected chi connectivity index (χ2v) is 8.25. The SMILES string of the molecule is C=CCNCC(C(C)OP(=O)(O)OCC)P(=O)(OCC)OCC. The molecule has 138 valence electrons. The van der Waals surface area contributed by atoms with Crippen molar-refractivity contribution in [3.63, 3.8) is 0 Å². The van der Waals surface area contributed by atoms with E-state index in [1.165, 1.54) is 6.92 Å². The van der Waals surface area contributed by atoms with Crippen molar-refractivity contribution in [2.75, 3.05) is 32.9 Å². The van der Waals surface area contributed by atoms with Crippen LogP contribution in [-0.4, -0.2) is 49.6 Å². The first-order valence-corrected chi connectivity index (χ1v) is 10.7. The zero-order chi connectivity index (χ0) is 17.9. The van der Waals surface area contributed by atoms with Gasteiger partial charge >= 0.3 is 15.4 Å². The second-order valence-electron chi connectivity index (χ2n) is 4.59. The Morgan fingerprint density at radius 1 is 1.13 bits per heavy atom. The topological polar surface area (TPSA) is 103 Å². The fourth-order valence-corrected chi connectivity index (χ4v) is 5.09. The highest BCUT2D eigenvalue weighted by Gasteiger charge is 2.42. The van der Waals surface area contributed by atoms with Gasteiger partial charge in [0.05, 0.1) is 25.9 Å². The molecule has 0 aliphatic heterocycles. The molecule has 8 nitrogen and oxygen atoms in total. The minimum atomic E-state index is -4.23. The van der Waals surface area contributed by atoms with Crippen molar-refractivity contribution in [2.45, 2.75) is 39.5 Å². The summed E-state index contributed by atoms with van der Waals surface area (Å²) in [4.78, 5) is 9.63. The highest BCUT2D eigenvalue weighted by molar-refractivity contribution is 7.54. The summed E-state index contributed by atoms with van der Waals surface area (Å²) in [6, 6.07) is 0. The van der Waals surface area contributed by atoms with Crippen LogP contribution in [0.15, 0.2) is 12.7 Å². The van der Waals surface area contributed by atoms with Gasteiger partial charge in [-0.3, -0.25) is 13.6 Å². The van der Waals surface area contributed by atoms with Gasteiger partial charge < -0.3 is 19.3 Å². The second kappa shape index (κ2) is 11.5. The molecule has 3 unspecified atom stereocenters. The molecule has 0 radical (unpaired) electrons. The summed E-state index contributed by atoms with van der Waals surface area (Å²) in [5.41, 5.74) is -0.775. The minimum absolute atomic E-state index is 0.0223. The summed E-state index contributed by atoms with van der Waals surface area (Å²) in [6.07, 6.45) is 0.755. The fourth-order valence-electron chi connectivity index (χ4n) is 1.93. The number of phosphoric acid groups is 1. The van der Waals surface area contributed by atoms with Gasteiger partial charge in [-0.15, -0.1) is 6.58 Å². The smallest absolute Gasteiger partial charge is 0.312 e. The molecule has 0 aliphatic carbocycles. The Kier molecular flexibility index (Phi) is 11.5. The van der Waals surface area contributed by atoms with Crippen molar-refractivity contribution in [1.29, 1.82) is 0 Å². The van der Waals surface area contributed by atoms with Crippen LogP contribution in [0.3, 0.4) is 0 Å². The van der Waals surface area contributed by atoms with E-state index < -0.39 is 27.2 Å². The monoisotopic (exact) mass is 373 g/mol. The molecule has 0 fully saturated rings. The van der Waals surface area contributed by atoms with Gasteiger partial charge in [0.15, 0.2) is 0 Å². The number of phosphoric ester groups is 1. The molecule has 0 saturated heterocycles. The van der Waals surface area contributed by atoms with Gasteiger partial charge in [0.25, 0.3) is 0 Å². The van der Waals surface area contributed by atoms with E-state index in [4.69, 9.17) is 13.6 Å². The Morgan fingerprint density at radius 3 is 2.09 bits per heavy atom. The lowest BCUT2D eigenvalue weighted by Gasteiger charge is -2.31. The van der Waals surface area contributed by atoms with Crippen molar-refractivity contribution in [3.05, 3.63) is 12.7 Å². The van der Waals surface area contributed by atoms with Crippen LogP contribution in [0.5, 0.6) is 0 Å². The molecular weight excluding hydrogens is 344 g/mol. The van der Waals surface area contributed by atoms with Crippen LogP contribution in [0.25, 0.3) is 0 Å². The maximum Gasteiger partial charge on any atom is 0.472 e. The summed E-state index contributed by atoms with van der Waals surface area (Å²) in [7, 11) is -7.77. The third-order valence-electron chi connectivity index (χ3n) is 2.80. The number of hydrogen-bond acceptors (Lipinski definition) is 7. The summed E-state index contributed by atoms with van der Waals surface area (Å²) < 4.78 is 45.3. The van der Waals surface area contributed by atoms with Crippen LogP contribution < -0.4 is 5.32 Å². The Balaban J connectivity index is 5.27. The molecule has 0 rings (SSSR count). The van der Waals surface area contributed by atoms with Crippen molar-refractivity contribution < 1.29 is 32.1 Å². The molecule has 23 heavy (non-hydrogen) atoms. The predicted octanol–water partition coefficient (Wildman–Crippen LogP) is 2.94. The van der Waals surface area contributed by atoms with E-state index in [0.29, 0.717) is 6.54 Å². The quantitative estimate of drug-likeness (QED) is 0.272. The van der Waals surface area contributed by atoms with E-state index in [1.807, 2.05) is 0 Å². The van der Waals surface area contributed by atoms with E-state index in [1.54, 1.807) is 26.8 Å². The molecule has 10 heteroatoms. The van der Waals surface area contributed by atoms with Crippen LogP contribution in [0.2, 0.25) is 0 Å². The lowest BCUT2D eigenvalue weighted by Crippen LogP contribution is -2.37. The van der Waals surface area contributed by atoms with Gasteiger partial charge in [0.1, 0.15) is 5.66 Å². The molecular formula is C13H29NO7P2.